The number of hydrogen-bond acceptors (Lipinski definition) is 10. The van der Waals surface area contributed by atoms with Crippen LogP contribution in [0.1, 0.15) is 53.9 Å². The summed E-state index contributed by atoms with van der Waals surface area (Å²) in [5.74, 6) is -3.05. The fourth-order valence-electron chi connectivity index (χ4n) is 7.29. The number of hydrogen-bond donors (Lipinski definition) is 2. The zero-order valence-corrected chi connectivity index (χ0v) is 28.6. The second kappa shape index (κ2) is 13.3. The third-order valence-electron chi connectivity index (χ3n) is 9.97. The number of ketones is 1. The molecule has 0 aromatic carbocycles. The number of fused-ring (bicyclic) bond motifs is 5. The SMILES string of the molecule is C=CC1=C(C)C2=NC1=CC1=NC(=C(CC)C1=CO)C=C1N=C3C(=C1C)C(=O)C(C(=O)OC)C3=C1NC(=C2)[C@@H](C)[C@@H]1CCC(=O)OC/C=C\C. The molecule has 10 nitrogen and oxygen atoms in total. The van der Waals surface area contributed by atoms with Crippen LogP contribution in [-0.2, 0) is 23.9 Å². The topological polar surface area (TPSA) is 139 Å². The minimum Gasteiger partial charge on any atom is -0.515 e. The highest BCUT2D eigenvalue weighted by atomic mass is 16.5. The fourth-order valence-corrected chi connectivity index (χ4v) is 7.29. The average Bonchev–Trinajstić information content (AvgIpc) is 3.84. The lowest BCUT2D eigenvalue weighted by molar-refractivity contribution is -0.146. The van der Waals surface area contributed by atoms with Crippen LogP contribution in [0.15, 0.2) is 132 Å². The monoisotopic (exact) mass is 660 g/mol. The van der Waals surface area contributed by atoms with Crippen LogP contribution in [-0.4, -0.2) is 53.7 Å². The average molecular weight is 661 g/mol. The Morgan fingerprint density at radius 3 is 2.53 bits per heavy atom. The number of methoxy groups -OCH3 is 1. The molecule has 10 heteroatoms. The molecule has 2 fully saturated rings. The van der Waals surface area contributed by atoms with Crippen LogP contribution in [0.2, 0.25) is 0 Å². The number of esters is 2. The Balaban J connectivity index is 1.61. The third-order valence-corrected chi connectivity index (χ3v) is 9.97. The van der Waals surface area contributed by atoms with Gasteiger partial charge in [-0.15, -0.1) is 0 Å². The minimum atomic E-state index is -1.22. The van der Waals surface area contributed by atoms with Crippen molar-refractivity contribution in [3.05, 3.63) is 117 Å². The Kier molecular flexibility index (Phi) is 9.07. The molecule has 1 aliphatic carbocycles. The number of allylic oxidation sites excluding steroid dienone is 12. The molecular formula is C39H40N4O6. The van der Waals surface area contributed by atoms with E-state index in [1.165, 1.54) is 7.11 Å². The van der Waals surface area contributed by atoms with Crippen LogP contribution in [0, 0.1) is 17.8 Å². The van der Waals surface area contributed by atoms with Gasteiger partial charge in [-0.3, -0.25) is 14.4 Å². The summed E-state index contributed by atoms with van der Waals surface area (Å²) in [6.07, 6.45) is 13.2. The van der Waals surface area contributed by atoms with Crippen LogP contribution in [0.25, 0.3) is 0 Å². The minimum absolute atomic E-state index is 0.136. The summed E-state index contributed by atoms with van der Waals surface area (Å²) in [6.45, 7) is 13.9. The third kappa shape index (κ3) is 5.54. The summed E-state index contributed by atoms with van der Waals surface area (Å²) in [5, 5.41) is 13.9. The van der Waals surface area contributed by atoms with E-state index < -0.39 is 11.9 Å². The number of ether oxygens (including phenoxy) is 2. The van der Waals surface area contributed by atoms with E-state index in [0.717, 1.165) is 28.7 Å². The van der Waals surface area contributed by atoms with Crippen molar-refractivity contribution < 1.29 is 29.0 Å². The predicted octanol–water partition coefficient (Wildman–Crippen LogP) is 6.32. The molecule has 0 spiro atoms. The van der Waals surface area contributed by atoms with Gasteiger partial charge in [-0.05, 0) is 68.6 Å². The van der Waals surface area contributed by atoms with E-state index in [2.05, 4.69) is 18.8 Å². The number of carbonyl (C=O) groups excluding carboxylic acids is 3. The number of aliphatic hydroxyl groups is 1. The molecule has 0 radical (unpaired) electrons. The summed E-state index contributed by atoms with van der Waals surface area (Å²) in [6, 6.07) is 0. The van der Waals surface area contributed by atoms with Gasteiger partial charge < -0.3 is 19.9 Å². The van der Waals surface area contributed by atoms with Gasteiger partial charge in [0.2, 0.25) is 0 Å². The van der Waals surface area contributed by atoms with Crippen LogP contribution in [0.5, 0.6) is 0 Å². The van der Waals surface area contributed by atoms with Crippen molar-refractivity contribution in [3.8, 4) is 0 Å². The van der Waals surface area contributed by atoms with Gasteiger partial charge in [0.25, 0.3) is 0 Å². The van der Waals surface area contributed by atoms with Gasteiger partial charge in [0, 0.05) is 51.9 Å². The lowest BCUT2D eigenvalue weighted by atomic mass is 9.85. The Hall–Kier alpha value is -5.38. The highest BCUT2D eigenvalue weighted by Gasteiger charge is 2.51. The Bertz CT molecular complexity index is 1980. The first kappa shape index (κ1) is 33.5. The van der Waals surface area contributed by atoms with Gasteiger partial charge >= 0.3 is 11.9 Å². The molecular weight excluding hydrogens is 620 g/mol. The number of aliphatic hydroxyl groups excluding tert-OH is 1. The standard InChI is InChI=1S/C39H40N4O6/c1-8-11-14-49-32(45)13-12-24-20(5)27-15-26-19(4)22(9-2)29(40-26)17-31-25(18-44)23(10-3)30(41-31)16-28-21(6)33-37(43-28)34(36(24)42-27)35(38(33)46)39(47)48-7/h8-9,11,15-18,20,24,35,42,44H,2,10,12-14H2,1,3-7H3/b11-8-,25-18?,27-15?,28-16?,29-17?,36-34?/t20-,24-,35?/m0/s1. The molecule has 6 aliphatic rings. The van der Waals surface area contributed by atoms with Crippen molar-refractivity contribution in [1.82, 2.24) is 5.32 Å². The van der Waals surface area contributed by atoms with Gasteiger partial charge in [-0.25, -0.2) is 15.0 Å². The van der Waals surface area contributed by atoms with E-state index in [1.807, 2.05) is 52.0 Å². The molecule has 252 valence electrons. The maximum absolute atomic E-state index is 14.2. The van der Waals surface area contributed by atoms with Crippen molar-refractivity contribution in [2.45, 2.75) is 53.9 Å². The summed E-state index contributed by atoms with van der Waals surface area (Å²) in [7, 11) is 1.27. The van der Waals surface area contributed by atoms with Crippen molar-refractivity contribution in [2.24, 2.45) is 32.7 Å². The first-order valence-electron chi connectivity index (χ1n) is 16.5. The number of Topliss-reactive ketones (excluding diaryl/α,β-unsaturated/α-hetero) is 1. The molecule has 0 amide bonds. The maximum atomic E-state index is 14.2. The number of nitrogens with one attached hydrogen (secondary N) is 1. The molecule has 6 rings (SSSR count). The quantitative estimate of drug-likeness (QED) is 0.134. The van der Waals surface area contributed by atoms with Crippen LogP contribution < -0.4 is 5.32 Å². The fraction of sp³-hybridized carbons (Fsp3) is 0.333. The molecule has 1 saturated heterocycles. The second-order valence-electron chi connectivity index (χ2n) is 12.6. The molecule has 3 atom stereocenters. The van der Waals surface area contributed by atoms with E-state index in [9.17, 15) is 19.5 Å². The Labute approximate surface area is 285 Å². The van der Waals surface area contributed by atoms with Gasteiger partial charge in [-0.1, -0.05) is 38.7 Å². The lowest BCUT2D eigenvalue weighted by Gasteiger charge is -2.19. The van der Waals surface area contributed by atoms with E-state index >= 15 is 0 Å². The zero-order valence-electron chi connectivity index (χ0n) is 28.6. The van der Waals surface area contributed by atoms with E-state index in [1.54, 1.807) is 12.2 Å². The van der Waals surface area contributed by atoms with Crippen molar-refractivity contribution in [1.29, 1.82) is 0 Å². The van der Waals surface area contributed by atoms with Crippen LogP contribution in [0.3, 0.4) is 0 Å². The summed E-state index contributed by atoms with van der Waals surface area (Å²) < 4.78 is 10.6. The van der Waals surface area contributed by atoms with E-state index in [0.29, 0.717) is 75.1 Å². The molecule has 0 aromatic rings. The molecule has 1 saturated carbocycles. The molecule has 5 aliphatic heterocycles. The maximum Gasteiger partial charge on any atom is 0.321 e. The highest BCUT2D eigenvalue weighted by molar-refractivity contribution is 6.42. The highest BCUT2D eigenvalue weighted by Crippen LogP contribution is 2.47. The zero-order chi connectivity index (χ0) is 35.1. The number of aliphatic imine (C=N–C) groups is 3. The molecule has 49 heavy (non-hydrogen) atoms. The largest absolute Gasteiger partial charge is 0.515 e. The van der Waals surface area contributed by atoms with Gasteiger partial charge in [0.05, 0.1) is 47.6 Å². The number of nitrogens with zero attached hydrogens (tertiary/aromatic N) is 3. The van der Waals surface area contributed by atoms with Gasteiger partial charge in [-0.2, -0.15) is 0 Å². The number of rotatable bonds is 8. The Morgan fingerprint density at radius 2 is 1.86 bits per heavy atom. The molecule has 0 aromatic heterocycles. The Morgan fingerprint density at radius 1 is 1.08 bits per heavy atom. The summed E-state index contributed by atoms with van der Waals surface area (Å²) >= 11 is 0. The first-order valence-corrected chi connectivity index (χ1v) is 16.5. The first-order chi connectivity index (χ1) is 23.6. The van der Waals surface area contributed by atoms with E-state index in [-0.39, 0.29) is 36.6 Å². The normalized spacial score (nSPS) is 25.1. The van der Waals surface area contributed by atoms with Crippen molar-refractivity contribution >= 4 is 34.9 Å². The van der Waals surface area contributed by atoms with Crippen LogP contribution in [0.4, 0.5) is 0 Å². The molecule has 5 heterocycles. The molecule has 2 N–H and O–H groups in total. The summed E-state index contributed by atoms with van der Waals surface area (Å²) in [5.41, 5.74) is 9.53. The van der Waals surface area contributed by atoms with Gasteiger partial charge in [0.15, 0.2) is 5.78 Å². The smallest absolute Gasteiger partial charge is 0.321 e. The van der Waals surface area contributed by atoms with Crippen molar-refractivity contribution in [2.75, 3.05) is 13.7 Å². The predicted molar refractivity (Wildman–Crippen MR) is 189 cm³/mol. The molecule has 8 bridgehead atoms. The van der Waals surface area contributed by atoms with E-state index in [4.69, 9.17) is 24.5 Å². The second-order valence-corrected chi connectivity index (χ2v) is 12.6. The summed E-state index contributed by atoms with van der Waals surface area (Å²) in [4.78, 5) is 55.2. The van der Waals surface area contributed by atoms with Crippen LogP contribution >= 0.6 is 0 Å². The van der Waals surface area contributed by atoms with Gasteiger partial charge in [0.1, 0.15) is 12.5 Å². The lowest BCUT2D eigenvalue weighted by Crippen LogP contribution is -2.26. The number of carbonyl (C=O) groups is 3. The molecule has 1 unspecified atom stereocenters. The van der Waals surface area contributed by atoms with Crippen molar-refractivity contribution in [3.63, 3.8) is 0 Å².